The Balaban J connectivity index is 1.81. The molecule has 0 radical (unpaired) electrons. The molecule has 49 heavy (non-hydrogen) atoms. The van der Waals surface area contributed by atoms with Gasteiger partial charge in [0.15, 0.2) is 0 Å². The number of aromatic hydroxyl groups is 1. The summed E-state index contributed by atoms with van der Waals surface area (Å²) in [4.78, 5) is 44.3. The average Bonchev–Trinajstić information content (AvgIpc) is 3.05. The minimum Gasteiger partial charge on any atom is -0.508 e. The van der Waals surface area contributed by atoms with Crippen LogP contribution in [0.4, 0.5) is 10.5 Å². The van der Waals surface area contributed by atoms with Crippen molar-refractivity contribution in [2.45, 2.75) is 84.5 Å². The van der Waals surface area contributed by atoms with E-state index in [1.165, 1.54) is 12.1 Å². The van der Waals surface area contributed by atoms with Crippen molar-refractivity contribution in [1.82, 2.24) is 10.2 Å². The third-order valence-corrected chi connectivity index (χ3v) is 8.19. The molecule has 4 aromatic rings. The van der Waals surface area contributed by atoms with Gasteiger partial charge in [-0.1, -0.05) is 74.4 Å². The highest BCUT2D eigenvalue weighted by Crippen LogP contribution is 2.30. The first-order valence-electron chi connectivity index (χ1n) is 16.7. The highest BCUT2D eigenvalue weighted by atomic mass is 16.6. The number of fused-ring (bicyclic) bond motifs is 1. The Morgan fingerprint density at radius 1 is 0.878 bits per heavy atom. The number of hydrogen-bond acceptors (Lipinski definition) is 5. The molecule has 0 aliphatic heterocycles. The minimum absolute atomic E-state index is 0.0801. The van der Waals surface area contributed by atoms with Gasteiger partial charge < -0.3 is 25.4 Å². The highest BCUT2D eigenvalue weighted by Gasteiger charge is 2.39. The minimum atomic E-state index is -1.10. The summed E-state index contributed by atoms with van der Waals surface area (Å²) in [5.41, 5.74) is 1.70. The van der Waals surface area contributed by atoms with Crippen LogP contribution in [0.5, 0.6) is 5.75 Å². The van der Waals surface area contributed by atoms with E-state index in [2.05, 4.69) is 30.4 Å². The second-order valence-corrected chi connectivity index (χ2v) is 13.9. The van der Waals surface area contributed by atoms with Crippen molar-refractivity contribution in [3.63, 3.8) is 0 Å². The normalized spacial score (nSPS) is 13.2. The number of benzene rings is 4. The number of carbonyl (C=O) groups is 3. The number of nitrogens with one attached hydrogen (secondary N) is 2. The summed E-state index contributed by atoms with van der Waals surface area (Å²) in [6.07, 6.45) is 6.42. The first kappa shape index (κ1) is 36.5. The Morgan fingerprint density at radius 2 is 1.53 bits per heavy atom. The SMILES string of the molecule is C#Cc1ccc(C(C(=O)Nc2ccc3ccccc3c2)N(C(=O)C(Cc2ccc(O)cc2)NC(=O)OC(C)(C)C)C(C)CCC(C)C)cc1. The van der Waals surface area contributed by atoms with E-state index in [-0.39, 0.29) is 12.2 Å². The van der Waals surface area contributed by atoms with Gasteiger partial charge in [-0.3, -0.25) is 9.59 Å². The van der Waals surface area contributed by atoms with E-state index < -0.39 is 41.6 Å². The molecule has 0 saturated carbocycles. The fraction of sp³-hybridized carbons (Fsp3) is 0.341. The van der Waals surface area contributed by atoms with Gasteiger partial charge in [-0.05, 0) is 105 Å². The van der Waals surface area contributed by atoms with Crippen LogP contribution in [0.15, 0.2) is 91.0 Å². The van der Waals surface area contributed by atoms with Gasteiger partial charge in [0.05, 0.1) is 0 Å². The van der Waals surface area contributed by atoms with Crippen molar-refractivity contribution in [1.29, 1.82) is 0 Å². The second-order valence-electron chi connectivity index (χ2n) is 13.9. The molecule has 0 heterocycles. The Labute approximate surface area is 289 Å². The summed E-state index contributed by atoms with van der Waals surface area (Å²) in [5.74, 6) is 2.19. The summed E-state index contributed by atoms with van der Waals surface area (Å²) in [5, 5.41) is 17.8. The van der Waals surface area contributed by atoms with Gasteiger partial charge in [0.1, 0.15) is 23.4 Å². The lowest BCUT2D eigenvalue weighted by Gasteiger charge is -2.39. The molecule has 0 aliphatic carbocycles. The molecule has 8 nitrogen and oxygen atoms in total. The molecule has 3 N–H and O–H groups in total. The Bertz CT molecular complexity index is 1790. The van der Waals surface area contributed by atoms with Crippen LogP contribution in [-0.2, 0) is 20.7 Å². The van der Waals surface area contributed by atoms with Crippen molar-refractivity contribution in [3.05, 3.63) is 108 Å². The summed E-state index contributed by atoms with van der Waals surface area (Å²) in [7, 11) is 0. The highest BCUT2D eigenvalue weighted by molar-refractivity contribution is 6.00. The lowest BCUT2D eigenvalue weighted by molar-refractivity contribution is -0.143. The maximum atomic E-state index is 15.0. The fourth-order valence-electron chi connectivity index (χ4n) is 5.69. The van der Waals surface area contributed by atoms with E-state index >= 15 is 0 Å². The zero-order valence-corrected chi connectivity index (χ0v) is 29.2. The van der Waals surface area contributed by atoms with Crippen LogP contribution in [0.1, 0.15) is 77.1 Å². The van der Waals surface area contributed by atoms with Crippen molar-refractivity contribution in [3.8, 4) is 18.1 Å². The third kappa shape index (κ3) is 10.3. The smallest absolute Gasteiger partial charge is 0.408 e. The van der Waals surface area contributed by atoms with Gasteiger partial charge in [-0.25, -0.2) is 4.79 Å². The molecule has 0 spiro atoms. The van der Waals surface area contributed by atoms with Crippen LogP contribution in [-0.4, -0.2) is 45.6 Å². The van der Waals surface area contributed by atoms with E-state index in [1.54, 1.807) is 62.1 Å². The first-order chi connectivity index (χ1) is 23.2. The van der Waals surface area contributed by atoms with Gasteiger partial charge in [-0.15, -0.1) is 6.42 Å². The van der Waals surface area contributed by atoms with E-state index in [4.69, 9.17) is 11.2 Å². The topological polar surface area (TPSA) is 108 Å². The van der Waals surface area contributed by atoms with Gasteiger partial charge in [-0.2, -0.15) is 0 Å². The summed E-state index contributed by atoms with van der Waals surface area (Å²) < 4.78 is 5.57. The van der Waals surface area contributed by atoms with Crippen LogP contribution in [0.25, 0.3) is 10.8 Å². The average molecular weight is 662 g/mol. The standard InChI is InChI=1S/C41H47N3O5/c1-8-29-15-19-32(20-16-29)37(38(46)42-34-22-21-31-11-9-10-12-33(31)26-34)44(28(4)14-13-27(2)3)39(47)36(43-40(48)49-41(5,6)7)25-30-17-23-35(45)24-18-30/h1,9-12,15-24,26-28,36-37,45H,13-14,25H2,2-7H3,(H,42,46)(H,43,48). The number of hydrogen-bond donors (Lipinski definition) is 3. The van der Waals surface area contributed by atoms with Gasteiger partial charge >= 0.3 is 6.09 Å². The second kappa shape index (κ2) is 16.2. The zero-order valence-electron chi connectivity index (χ0n) is 29.2. The monoisotopic (exact) mass is 661 g/mol. The number of alkyl carbamates (subject to hydrolysis) is 1. The maximum absolute atomic E-state index is 15.0. The molecule has 0 saturated heterocycles. The third-order valence-electron chi connectivity index (χ3n) is 8.19. The summed E-state index contributed by atoms with van der Waals surface area (Å²) in [6, 6.07) is 24.5. The molecule has 0 bridgehead atoms. The van der Waals surface area contributed by atoms with E-state index in [1.807, 2.05) is 49.4 Å². The molecular formula is C41H47N3O5. The zero-order chi connectivity index (χ0) is 35.7. The number of carbonyl (C=O) groups excluding carboxylic acids is 3. The molecule has 0 aliphatic rings. The quantitative estimate of drug-likeness (QED) is 0.133. The van der Waals surface area contributed by atoms with E-state index in [0.717, 1.165) is 17.2 Å². The molecule has 4 rings (SSSR count). The lowest BCUT2D eigenvalue weighted by Crippen LogP contribution is -2.55. The molecule has 3 amide bonds. The van der Waals surface area contributed by atoms with Gasteiger partial charge in [0.2, 0.25) is 5.91 Å². The molecule has 3 unspecified atom stereocenters. The van der Waals surface area contributed by atoms with Crippen LogP contribution in [0.3, 0.4) is 0 Å². The fourth-order valence-corrected chi connectivity index (χ4v) is 5.69. The molecule has 8 heteroatoms. The maximum Gasteiger partial charge on any atom is 0.408 e. The predicted molar refractivity (Wildman–Crippen MR) is 195 cm³/mol. The largest absolute Gasteiger partial charge is 0.508 e. The van der Waals surface area contributed by atoms with Crippen LogP contribution in [0, 0.1) is 18.3 Å². The molecule has 0 aromatic heterocycles. The van der Waals surface area contributed by atoms with Crippen molar-refractivity contribution in [2.75, 3.05) is 5.32 Å². The molecule has 256 valence electrons. The number of anilines is 1. The number of phenolic OH excluding ortho intramolecular Hbond substituents is 1. The van der Waals surface area contributed by atoms with E-state index in [0.29, 0.717) is 34.7 Å². The number of terminal acetylenes is 1. The molecule has 4 aromatic carbocycles. The number of phenols is 1. The molecule has 3 atom stereocenters. The summed E-state index contributed by atoms with van der Waals surface area (Å²) in [6.45, 7) is 11.4. The van der Waals surface area contributed by atoms with Gasteiger partial charge in [0, 0.05) is 23.7 Å². The van der Waals surface area contributed by atoms with Crippen molar-refractivity contribution >= 4 is 34.4 Å². The number of nitrogens with zero attached hydrogens (tertiary/aromatic N) is 1. The Kier molecular flexibility index (Phi) is 12.1. The van der Waals surface area contributed by atoms with E-state index in [9.17, 15) is 19.5 Å². The molecular weight excluding hydrogens is 614 g/mol. The Hall–Kier alpha value is -5.29. The predicted octanol–water partition coefficient (Wildman–Crippen LogP) is 8.00. The molecule has 0 fully saturated rings. The first-order valence-corrected chi connectivity index (χ1v) is 16.7. The lowest BCUT2D eigenvalue weighted by atomic mass is 9.95. The summed E-state index contributed by atoms with van der Waals surface area (Å²) >= 11 is 0. The van der Waals surface area contributed by atoms with Gasteiger partial charge in [0.25, 0.3) is 5.91 Å². The number of rotatable bonds is 12. The number of amides is 3. The van der Waals surface area contributed by atoms with Crippen molar-refractivity contribution < 1.29 is 24.2 Å². The van der Waals surface area contributed by atoms with Crippen LogP contribution < -0.4 is 10.6 Å². The van der Waals surface area contributed by atoms with Crippen LogP contribution >= 0.6 is 0 Å². The van der Waals surface area contributed by atoms with Crippen molar-refractivity contribution in [2.24, 2.45) is 5.92 Å². The number of ether oxygens (including phenoxy) is 1. The Morgan fingerprint density at radius 3 is 2.14 bits per heavy atom. The van der Waals surface area contributed by atoms with Crippen LogP contribution in [0.2, 0.25) is 0 Å².